The molecule has 216 valence electrons. The Labute approximate surface area is 233 Å². The van der Waals surface area contributed by atoms with E-state index in [9.17, 15) is 14.7 Å². The summed E-state index contributed by atoms with van der Waals surface area (Å²) in [5, 5.41) is 10.5. The molecule has 0 aliphatic carbocycles. The van der Waals surface area contributed by atoms with Crippen molar-refractivity contribution in [2.24, 2.45) is 5.92 Å². The first kappa shape index (κ1) is 28.1. The van der Waals surface area contributed by atoms with Crippen LogP contribution in [0.25, 0.3) is 0 Å². The predicted molar refractivity (Wildman–Crippen MR) is 145 cm³/mol. The van der Waals surface area contributed by atoms with E-state index in [1.165, 1.54) is 0 Å². The lowest BCUT2D eigenvalue weighted by Crippen LogP contribution is -2.44. The SMILES string of the molecule is CCCCN(C(=O)CN1CC(c2cc(OC)c3c(c2)OCO3)C(C(=O)O)C1CCC1OCCO1)c1cccnc1. The molecule has 0 saturated carbocycles. The van der Waals surface area contributed by atoms with Gasteiger partial charge in [0.05, 0.1) is 44.7 Å². The molecule has 1 N–H and O–H groups in total. The van der Waals surface area contributed by atoms with Gasteiger partial charge in [-0.15, -0.1) is 0 Å². The third kappa shape index (κ3) is 6.01. The van der Waals surface area contributed by atoms with Gasteiger partial charge in [0, 0.05) is 31.2 Å². The van der Waals surface area contributed by atoms with Crippen molar-refractivity contribution in [3.8, 4) is 17.2 Å². The largest absolute Gasteiger partial charge is 0.493 e. The van der Waals surface area contributed by atoms with Crippen LogP contribution in [-0.4, -0.2) is 85.9 Å². The number of amides is 1. The second-order valence-electron chi connectivity index (χ2n) is 10.3. The highest BCUT2D eigenvalue weighted by atomic mass is 16.7. The summed E-state index contributed by atoms with van der Waals surface area (Å²) in [6, 6.07) is 6.94. The molecule has 2 aromatic rings. The summed E-state index contributed by atoms with van der Waals surface area (Å²) >= 11 is 0. The molecular weight excluding hydrogens is 518 g/mol. The van der Waals surface area contributed by atoms with Crippen molar-refractivity contribution >= 4 is 17.6 Å². The van der Waals surface area contributed by atoms with Crippen LogP contribution in [0.2, 0.25) is 0 Å². The van der Waals surface area contributed by atoms with Gasteiger partial charge < -0.3 is 33.7 Å². The van der Waals surface area contributed by atoms with Gasteiger partial charge in [-0.2, -0.15) is 0 Å². The van der Waals surface area contributed by atoms with Crippen molar-refractivity contribution < 1.29 is 38.4 Å². The zero-order chi connectivity index (χ0) is 28.1. The number of ether oxygens (including phenoxy) is 5. The van der Waals surface area contributed by atoms with E-state index in [0.717, 1.165) is 24.1 Å². The summed E-state index contributed by atoms with van der Waals surface area (Å²) in [6.45, 7) is 4.24. The molecule has 40 heavy (non-hydrogen) atoms. The number of carboxylic acids is 1. The monoisotopic (exact) mass is 555 g/mol. The second kappa shape index (κ2) is 12.8. The van der Waals surface area contributed by atoms with Crippen LogP contribution in [0.15, 0.2) is 36.7 Å². The van der Waals surface area contributed by atoms with Gasteiger partial charge in [0.15, 0.2) is 17.8 Å². The molecule has 3 atom stereocenters. The van der Waals surface area contributed by atoms with Crippen molar-refractivity contribution in [3.05, 3.63) is 42.2 Å². The Bertz CT molecular complexity index is 1170. The highest BCUT2D eigenvalue weighted by Crippen LogP contribution is 2.47. The summed E-state index contributed by atoms with van der Waals surface area (Å²) in [7, 11) is 1.54. The number of methoxy groups -OCH3 is 1. The molecule has 11 heteroatoms. The van der Waals surface area contributed by atoms with E-state index >= 15 is 0 Å². The van der Waals surface area contributed by atoms with Gasteiger partial charge in [0.25, 0.3) is 0 Å². The van der Waals surface area contributed by atoms with Crippen molar-refractivity contribution in [2.45, 2.75) is 50.9 Å². The molecule has 0 radical (unpaired) electrons. The number of aromatic nitrogens is 1. The number of carbonyl (C=O) groups is 2. The number of likely N-dealkylation sites (tertiary alicyclic amines) is 1. The van der Waals surface area contributed by atoms with Crippen LogP contribution in [0.4, 0.5) is 5.69 Å². The van der Waals surface area contributed by atoms with E-state index < -0.39 is 23.8 Å². The van der Waals surface area contributed by atoms with Crippen LogP contribution in [0.1, 0.15) is 44.1 Å². The standard InChI is InChI=1S/C29H37N3O8/c1-3-4-10-32(20-6-5-9-30-15-20)25(33)17-31-16-21(19-13-23(36-2)28-24(14-19)39-18-40-28)27(29(34)35)22(31)7-8-26-37-11-12-38-26/h5-6,9,13-15,21-22,26-27H,3-4,7-8,10-12,16-18H2,1-2H3,(H,34,35). The van der Waals surface area contributed by atoms with Crippen LogP contribution < -0.4 is 19.1 Å². The second-order valence-corrected chi connectivity index (χ2v) is 10.3. The average Bonchev–Trinajstić information content (AvgIpc) is 3.72. The Hall–Kier alpha value is -3.41. The molecule has 0 bridgehead atoms. The normalized spacial score (nSPS) is 22.5. The van der Waals surface area contributed by atoms with Crippen molar-refractivity contribution in [2.75, 3.05) is 51.7 Å². The number of rotatable bonds is 12. The van der Waals surface area contributed by atoms with E-state index in [-0.39, 0.29) is 25.5 Å². The number of carbonyl (C=O) groups excluding carboxylic acids is 1. The Kier molecular flexibility index (Phi) is 9.03. The molecule has 0 spiro atoms. The molecular formula is C29H37N3O8. The molecule has 2 fully saturated rings. The number of benzene rings is 1. The number of anilines is 1. The topological polar surface area (TPSA) is 120 Å². The fourth-order valence-electron chi connectivity index (χ4n) is 5.92. The summed E-state index contributed by atoms with van der Waals surface area (Å²) in [5.74, 6) is -0.626. The van der Waals surface area contributed by atoms with Gasteiger partial charge in [0.1, 0.15) is 0 Å². The summed E-state index contributed by atoms with van der Waals surface area (Å²) in [6.07, 6.45) is 5.83. The molecule has 3 unspecified atom stereocenters. The van der Waals surface area contributed by atoms with E-state index in [1.807, 2.05) is 29.2 Å². The lowest BCUT2D eigenvalue weighted by molar-refractivity contribution is -0.143. The van der Waals surface area contributed by atoms with E-state index in [0.29, 0.717) is 56.4 Å². The number of fused-ring (bicyclic) bond motifs is 1. The van der Waals surface area contributed by atoms with E-state index in [4.69, 9.17) is 23.7 Å². The third-order valence-electron chi connectivity index (χ3n) is 7.86. The van der Waals surface area contributed by atoms with Crippen molar-refractivity contribution in [1.82, 2.24) is 9.88 Å². The Morgan fingerprint density at radius 1 is 1.20 bits per heavy atom. The van der Waals surface area contributed by atoms with Crippen LogP contribution in [0.3, 0.4) is 0 Å². The minimum atomic E-state index is -0.912. The number of carboxylic acid groups (broad SMARTS) is 1. The molecule has 11 nitrogen and oxygen atoms in total. The van der Waals surface area contributed by atoms with Crippen LogP contribution in [-0.2, 0) is 19.1 Å². The molecule has 4 heterocycles. The summed E-state index contributed by atoms with van der Waals surface area (Å²) in [5.41, 5.74) is 1.51. The maximum atomic E-state index is 13.8. The van der Waals surface area contributed by atoms with Crippen LogP contribution in [0, 0.1) is 5.92 Å². The van der Waals surface area contributed by atoms with E-state index in [1.54, 1.807) is 24.4 Å². The van der Waals surface area contributed by atoms with Gasteiger partial charge in [0.2, 0.25) is 18.4 Å². The number of unbranched alkanes of at least 4 members (excludes halogenated alkanes) is 1. The smallest absolute Gasteiger partial charge is 0.308 e. The summed E-state index contributed by atoms with van der Waals surface area (Å²) < 4.78 is 28.0. The number of aliphatic carboxylic acids is 1. The number of nitrogens with zero attached hydrogens (tertiary/aromatic N) is 3. The molecule has 1 aromatic heterocycles. The van der Waals surface area contributed by atoms with Gasteiger partial charge >= 0.3 is 5.97 Å². The van der Waals surface area contributed by atoms with E-state index in [2.05, 4.69) is 11.9 Å². The van der Waals surface area contributed by atoms with Crippen molar-refractivity contribution in [1.29, 1.82) is 0 Å². The Morgan fingerprint density at radius 3 is 2.73 bits per heavy atom. The maximum Gasteiger partial charge on any atom is 0.308 e. The number of hydrogen-bond acceptors (Lipinski definition) is 9. The molecule has 3 aliphatic heterocycles. The predicted octanol–water partition coefficient (Wildman–Crippen LogP) is 3.27. The third-order valence-corrected chi connectivity index (χ3v) is 7.86. The average molecular weight is 556 g/mol. The molecule has 3 aliphatic rings. The molecule has 5 rings (SSSR count). The Morgan fingerprint density at radius 2 is 2.02 bits per heavy atom. The molecule has 2 saturated heterocycles. The zero-order valence-electron chi connectivity index (χ0n) is 23.0. The van der Waals surface area contributed by atoms with Gasteiger partial charge in [-0.3, -0.25) is 19.5 Å². The fourth-order valence-corrected chi connectivity index (χ4v) is 5.92. The molecule has 1 aromatic carbocycles. The highest BCUT2D eigenvalue weighted by Gasteiger charge is 2.48. The van der Waals surface area contributed by atoms with Gasteiger partial charge in [-0.25, -0.2) is 0 Å². The first-order chi connectivity index (χ1) is 19.5. The minimum absolute atomic E-state index is 0.0781. The van der Waals surface area contributed by atoms with Crippen molar-refractivity contribution in [3.63, 3.8) is 0 Å². The van der Waals surface area contributed by atoms with Crippen LogP contribution in [0.5, 0.6) is 17.2 Å². The number of pyridine rings is 1. The van der Waals surface area contributed by atoms with Gasteiger partial charge in [-0.05, 0) is 49.1 Å². The number of hydrogen-bond donors (Lipinski definition) is 1. The van der Waals surface area contributed by atoms with Gasteiger partial charge in [-0.1, -0.05) is 13.3 Å². The molecule has 1 amide bonds. The fraction of sp³-hybridized carbons (Fsp3) is 0.552. The first-order valence-electron chi connectivity index (χ1n) is 13.9. The summed E-state index contributed by atoms with van der Waals surface area (Å²) in [4.78, 5) is 34.6. The Balaban J connectivity index is 1.44. The first-order valence-corrected chi connectivity index (χ1v) is 13.9. The highest BCUT2D eigenvalue weighted by molar-refractivity contribution is 5.94. The zero-order valence-corrected chi connectivity index (χ0v) is 23.0. The quantitative estimate of drug-likeness (QED) is 0.418. The minimum Gasteiger partial charge on any atom is -0.493 e. The lowest BCUT2D eigenvalue weighted by Gasteiger charge is -2.30. The lowest BCUT2D eigenvalue weighted by atomic mass is 9.83. The maximum absolute atomic E-state index is 13.8. The van der Waals surface area contributed by atoms with Crippen LogP contribution >= 0.6 is 0 Å².